The molecule has 0 spiro atoms. The van der Waals surface area contributed by atoms with E-state index >= 15 is 0 Å². The van der Waals surface area contributed by atoms with E-state index in [1.807, 2.05) is 6.07 Å². The minimum atomic E-state index is 0.903. The average Bonchev–Trinajstić information content (AvgIpc) is 2.42. The molecule has 2 rings (SSSR count). The number of anilines is 2. The Morgan fingerprint density at radius 3 is 2.74 bits per heavy atom. The lowest BCUT2D eigenvalue weighted by molar-refractivity contribution is 0.588. The Labute approximate surface area is 118 Å². The molecule has 0 unspecified atom stereocenters. The highest BCUT2D eigenvalue weighted by molar-refractivity contribution is 5.61. The lowest BCUT2D eigenvalue weighted by Crippen LogP contribution is -2.30. The maximum atomic E-state index is 5.88. The van der Waals surface area contributed by atoms with Crippen molar-refractivity contribution in [2.24, 2.45) is 0 Å². The van der Waals surface area contributed by atoms with E-state index in [9.17, 15) is 0 Å². The maximum absolute atomic E-state index is 5.88. The molecule has 0 saturated heterocycles. The largest absolute Gasteiger partial charge is 0.399 e. The van der Waals surface area contributed by atoms with Crippen LogP contribution in [-0.4, -0.2) is 13.1 Å². The van der Waals surface area contributed by atoms with Gasteiger partial charge in [0.15, 0.2) is 0 Å². The highest BCUT2D eigenvalue weighted by atomic mass is 15.1. The lowest BCUT2D eigenvalue weighted by Gasteiger charge is -2.31. The van der Waals surface area contributed by atoms with E-state index in [0.29, 0.717) is 0 Å². The van der Waals surface area contributed by atoms with Crippen molar-refractivity contribution in [2.75, 3.05) is 23.7 Å². The van der Waals surface area contributed by atoms with Crippen LogP contribution in [0.3, 0.4) is 0 Å². The third-order valence-electron chi connectivity index (χ3n) is 4.10. The summed E-state index contributed by atoms with van der Waals surface area (Å²) in [5, 5.41) is 0. The third kappa shape index (κ3) is 4.15. The summed E-state index contributed by atoms with van der Waals surface area (Å²) < 4.78 is 0. The second kappa shape index (κ2) is 7.42. The number of nitrogens with two attached hydrogens (primary N) is 1. The number of nitrogens with zero attached hydrogens (tertiary/aromatic N) is 1. The van der Waals surface area contributed by atoms with Crippen molar-refractivity contribution in [3.63, 3.8) is 0 Å². The number of rotatable bonds is 7. The fourth-order valence-corrected chi connectivity index (χ4v) is 3.01. The number of aryl methyl sites for hydroxylation is 1. The van der Waals surface area contributed by atoms with Crippen LogP contribution in [0, 0.1) is 0 Å². The molecule has 1 aliphatic heterocycles. The third-order valence-corrected chi connectivity index (χ3v) is 4.10. The number of hydrogen-bond donors (Lipinski definition) is 1. The Balaban J connectivity index is 1.79. The summed E-state index contributed by atoms with van der Waals surface area (Å²) >= 11 is 0. The Morgan fingerprint density at radius 1 is 1.11 bits per heavy atom. The van der Waals surface area contributed by atoms with Crippen LogP contribution in [0.5, 0.6) is 0 Å². The van der Waals surface area contributed by atoms with Gasteiger partial charge < -0.3 is 10.6 Å². The highest BCUT2D eigenvalue weighted by Crippen LogP contribution is 2.29. The van der Waals surface area contributed by atoms with Gasteiger partial charge in [-0.05, 0) is 43.0 Å². The first kappa shape index (κ1) is 14.2. The molecule has 0 radical (unpaired) electrons. The molecule has 19 heavy (non-hydrogen) atoms. The van der Waals surface area contributed by atoms with E-state index in [1.54, 1.807) is 0 Å². The molecule has 106 valence electrons. The first-order valence-electron chi connectivity index (χ1n) is 7.94. The molecule has 1 aromatic carbocycles. The molecule has 2 N–H and O–H groups in total. The predicted octanol–water partition coefficient (Wildman–Crippen LogP) is 4.38. The minimum absolute atomic E-state index is 0.903. The number of fused-ring (bicyclic) bond motifs is 1. The summed E-state index contributed by atoms with van der Waals surface area (Å²) in [5.41, 5.74) is 9.65. The smallest absolute Gasteiger partial charge is 0.0400 e. The monoisotopic (exact) mass is 260 g/mol. The quantitative estimate of drug-likeness (QED) is 0.582. The molecule has 0 fully saturated rings. The van der Waals surface area contributed by atoms with E-state index in [-0.39, 0.29) is 0 Å². The van der Waals surface area contributed by atoms with Crippen molar-refractivity contribution in [2.45, 2.75) is 58.3 Å². The van der Waals surface area contributed by atoms with Crippen LogP contribution in [0.4, 0.5) is 11.4 Å². The second-order valence-electron chi connectivity index (χ2n) is 5.75. The van der Waals surface area contributed by atoms with Gasteiger partial charge in [-0.1, -0.05) is 39.0 Å². The summed E-state index contributed by atoms with van der Waals surface area (Å²) in [7, 11) is 0. The van der Waals surface area contributed by atoms with Crippen LogP contribution < -0.4 is 10.6 Å². The molecule has 0 bridgehead atoms. The minimum Gasteiger partial charge on any atom is -0.399 e. The molecule has 1 aromatic rings. The molecule has 2 nitrogen and oxygen atoms in total. The van der Waals surface area contributed by atoms with Crippen LogP contribution in [0.1, 0.15) is 57.4 Å². The van der Waals surface area contributed by atoms with Crippen molar-refractivity contribution in [3.8, 4) is 0 Å². The summed E-state index contributed by atoms with van der Waals surface area (Å²) in [4.78, 5) is 2.55. The van der Waals surface area contributed by atoms with Gasteiger partial charge in [0.2, 0.25) is 0 Å². The van der Waals surface area contributed by atoms with Gasteiger partial charge in [-0.3, -0.25) is 0 Å². The maximum Gasteiger partial charge on any atom is 0.0400 e. The first-order chi connectivity index (χ1) is 9.31. The van der Waals surface area contributed by atoms with Gasteiger partial charge in [0.1, 0.15) is 0 Å². The van der Waals surface area contributed by atoms with E-state index in [0.717, 1.165) is 5.69 Å². The summed E-state index contributed by atoms with van der Waals surface area (Å²) in [6.45, 7) is 4.70. The van der Waals surface area contributed by atoms with Crippen molar-refractivity contribution < 1.29 is 0 Å². The standard InChI is InChI=1S/C17H28N2/c1-2-3-4-5-6-7-12-19-13-8-9-15-14-16(18)10-11-17(15)19/h10-11,14H,2-9,12-13,18H2,1H3. The van der Waals surface area contributed by atoms with Crippen molar-refractivity contribution in [3.05, 3.63) is 23.8 Å². The zero-order valence-corrected chi connectivity index (χ0v) is 12.3. The van der Waals surface area contributed by atoms with Gasteiger partial charge >= 0.3 is 0 Å². The molecule has 0 aromatic heterocycles. The Morgan fingerprint density at radius 2 is 1.89 bits per heavy atom. The number of nitrogen functional groups attached to an aromatic ring is 1. The van der Waals surface area contributed by atoms with Gasteiger partial charge in [-0.15, -0.1) is 0 Å². The number of hydrogen-bond acceptors (Lipinski definition) is 2. The van der Waals surface area contributed by atoms with E-state index in [4.69, 9.17) is 5.73 Å². The van der Waals surface area contributed by atoms with Crippen molar-refractivity contribution in [1.29, 1.82) is 0 Å². The van der Waals surface area contributed by atoms with Crippen LogP contribution in [0.15, 0.2) is 18.2 Å². The normalized spacial score (nSPS) is 14.5. The van der Waals surface area contributed by atoms with Gasteiger partial charge in [-0.25, -0.2) is 0 Å². The molecular weight excluding hydrogens is 232 g/mol. The molecule has 1 aliphatic rings. The van der Waals surface area contributed by atoms with Gasteiger partial charge in [0.05, 0.1) is 0 Å². The van der Waals surface area contributed by atoms with E-state index < -0.39 is 0 Å². The zero-order valence-electron chi connectivity index (χ0n) is 12.3. The second-order valence-corrected chi connectivity index (χ2v) is 5.75. The average molecular weight is 260 g/mol. The van der Waals surface area contributed by atoms with E-state index in [1.165, 1.54) is 75.7 Å². The van der Waals surface area contributed by atoms with Crippen molar-refractivity contribution >= 4 is 11.4 Å². The first-order valence-corrected chi connectivity index (χ1v) is 7.94. The SMILES string of the molecule is CCCCCCCCN1CCCc2cc(N)ccc21. The highest BCUT2D eigenvalue weighted by Gasteiger charge is 2.16. The van der Waals surface area contributed by atoms with Gasteiger partial charge in [-0.2, -0.15) is 0 Å². The van der Waals surface area contributed by atoms with Crippen LogP contribution in [0.25, 0.3) is 0 Å². The van der Waals surface area contributed by atoms with Gasteiger partial charge in [0, 0.05) is 24.5 Å². The molecule has 0 amide bonds. The van der Waals surface area contributed by atoms with Crippen LogP contribution in [0.2, 0.25) is 0 Å². The molecule has 0 saturated carbocycles. The van der Waals surface area contributed by atoms with Gasteiger partial charge in [0.25, 0.3) is 0 Å². The lowest BCUT2D eigenvalue weighted by atomic mass is 10.0. The topological polar surface area (TPSA) is 29.3 Å². The van der Waals surface area contributed by atoms with Crippen LogP contribution >= 0.6 is 0 Å². The molecular formula is C17H28N2. The molecule has 1 heterocycles. The summed E-state index contributed by atoms with van der Waals surface area (Å²) in [6.07, 6.45) is 10.7. The Kier molecular flexibility index (Phi) is 5.56. The van der Waals surface area contributed by atoms with Crippen LogP contribution in [-0.2, 0) is 6.42 Å². The van der Waals surface area contributed by atoms with Crippen molar-refractivity contribution in [1.82, 2.24) is 0 Å². The number of unbranched alkanes of at least 4 members (excludes halogenated alkanes) is 5. The zero-order chi connectivity index (χ0) is 13.5. The fourth-order valence-electron chi connectivity index (χ4n) is 3.01. The fraction of sp³-hybridized carbons (Fsp3) is 0.647. The Bertz CT molecular complexity index is 387. The molecule has 0 atom stereocenters. The number of benzene rings is 1. The predicted molar refractivity (Wildman–Crippen MR) is 84.8 cm³/mol. The molecule has 2 heteroatoms. The molecule has 0 aliphatic carbocycles. The summed E-state index contributed by atoms with van der Waals surface area (Å²) in [6, 6.07) is 6.40. The summed E-state index contributed by atoms with van der Waals surface area (Å²) in [5.74, 6) is 0. The van der Waals surface area contributed by atoms with E-state index in [2.05, 4.69) is 24.0 Å². The Hall–Kier alpha value is -1.18.